The minimum absolute atomic E-state index is 0.0878. The van der Waals surface area contributed by atoms with Crippen LogP contribution in [-0.4, -0.2) is 36.9 Å². The van der Waals surface area contributed by atoms with E-state index in [2.05, 4.69) is 19.2 Å². The first kappa shape index (κ1) is 15.4. The van der Waals surface area contributed by atoms with Gasteiger partial charge in [0.15, 0.2) is 0 Å². The van der Waals surface area contributed by atoms with Gasteiger partial charge in [-0.3, -0.25) is 10.1 Å². The second-order valence-electron chi connectivity index (χ2n) is 4.99. The van der Waals surface area contributed by atoms with E-state index in [1.165, 1.54) is 0 Å². The van der Waals surface area contributed by atoms with Crippen LogP contribution in [0.15, 0.2) is 0 Å². The molecule has 0 aromatic carbocycles. The van der Waals surface area contributed by atoms with Crippen LogP contribution in [0.3, 0.4) is 0 Å². The molecule has 0 heterocycles. The molecule has 0 bridgehead atoms. The lowest BCUT2D eigenvalue weighted by Crippen LogP contribution is -2.48. The highest BCUT2D eigenvalue weighted by atomic mass is 16.5. The van der Waals surface area contributed by atoms with Gasteiger partial charge in [0.2, 0.25) is 0 Å². The molecule has 4 heteroatoms. The summed E-state index contributed by atoms with van der Waals surface area (Å²) in [4.78, 5) is 11.1. The van der Waals surface area contributed by atoms with Crippen LogP contribution in [-0.2, 0) is 9.53 Å². The molecule has 16 heavy (non-hydrogen) atoms. The van der Waals surface area contributed by atoms with E-state index in [0.717, 1.165) is 0 Å². The number of ether oxygens (including phenoxy) is 1. The molecule has 0 amide bonds. The molecule has 0 spiro atoms. The molecule has 0 aromatic heterocycles. The van der Waals surface area contributed by atoms with Gasteiger partial charge < -0.3 is 9.84 Å². The van der Waals surface area contributed by atoms with Crippen LogP contribution in [0, 0.1) is 11.8 Å². The summed E-state index contributed by atoms with van der Waals surface area (Å²) in [6, 6.07) is -0.396. The molecule has 4 nitrogen and oxygen atoms in total. The van der Waals surface area contributed by atoms with Gasteiger partial charge in [0.05, 0.1) is 6.61 Å². The Morgan fingerprint density at radius 1 is 1.31 bits per heavy atom. The van der Waals surface area contributed by atoms with Crippen LogP contribution >= 0.6 is 0 Å². The van der Waals surface area contributed by atoms with E-state index in [1.54, 1.807) is 7.11 Å². The third-order valence-corrected chi connectivity index (χ3v) is 2.57. The van der Waals surface area contributed by atoms with E-state index < -0.39 is 12.0 Å². The van der Waals surface area contributed by atoms with Gasteiger partial charge in [-0.2, -0.15) is 0 Å². The number of aliphatic carboxylic acids is 1. The molecular weight excluding hydrogens is 206 g/mol. The van der Waals surface area contributed by atoms with Gasteiger partial charge in [0.1, 0.15) is 6.04 Å². The topological polar surface area (TPSA) is 58.6 Å². The van der Waals surface area contributed by atoms with Crippen molar-refractivity contribution in [1.29, 1.82) is 0 Å². The number of methoxy groups -OCH3 is 1. The zero-order valence-corrected chi connectivity index (χ0v) is 11.0. The van der Waals surface area contributed by atoms with Crippen molar-refractivity contribution in [2.24, 2.45) is 11.8 Å². The number of nitrogens with one attached hydrogen (secondary N) is 1. The van der Waals surface area contributed by atoms with Crippen molar-refractivity contribution in [2.45, 2.75) is 46.2 Å². The Bertz CT molecular complexity index is 204. The largest absolute Gasteiger partial charge is 0.480 e. The zero-order chi connectivity index (χ0) is 12.7. The monoisotopic (exact) mass is 231 g/mol. The zero-order valence-electron chi connectivity index (χ0n) is 11.0. The summed E-state index contributed by atoms with van der Waals surface area (Å²) < 4.78 is 5.10. The van der Waals surface area contributed by atoms with Crippen molar-refractivity contribution in [1.82, 2.24) is 5.32 Å². The quantitative estimate of drug-likeness (QED) is 0.668. The van der Waals surface area contributed by atoms with Crippen LogP contribution < -0.4 is 5.32 Å². The van der Waals surface area contributed by atoms with Crippen molar-refractivity contribution in [2.75, 3.05) is 13.7 Å². The number of carboxylic acid groups (broad SMARTS) is 1. The van der Waals surface area contributed by atoms with Gasteiger partial charge in [0.25, 0.3) is 0 Å². The van der Waals surface area contributed by atoms with E-state index in [0.29, 0.717) is 24.9 Å². The van der Waals surface area contributed by atoms with Crippen molar-refractivity contribution in [3.8, 4) is 0 Å². The summed E-state index contributed by atoms with van der Waals surface area (Å²) in [6.45, 7) is 8.71. The first-order valence-electron chi connectivity index (χ1n) is 5.86. The molecule has 0 aliphatic heterocycles. The first-order valence-corrected chi connectivity index (χ1v) is 5.86. The number of carboxylic acids is 1. The maximum Gasteiger partial charge on any atom is 0.320 e. The summed E-state index contributed by atoms with van der Waals surface area (Å²) in [7, 11) is 1.63. The fourth-order valence-corrected chi connectivity index (χ4v) is 1.58. The average Bonchev–Trinajstić information content (AvgIpc) is 2.14. The Kier molecular flexibility index (Phi) is 7.34. The fraction of sp³-hybridized carbons (Fsp3) is 0.917. The molecule has 0 fully saturated rings. The highest BCUT2D eigenvalue weighted by Gasteiger charge is 2.23. The van der Waals surface area contributed by atoms with E-state index in [9.17, 15) is 4.79 Å². The minimum Gasteiger partial charge on any atom is -0.480 e. The SMILES string of the molecule is COCC(NC(CC(C)C)C(=O)O)C(C)C. The van der Waals surface area contributed by atoms with Crippen molar-refractivity contribution < 1.29 is 14.6 Å². The maximum atomic E-state index is 11.1. The van der Waals surface area contributed by atoms with Crippen molar-refractivity contribution in [3.05, 3.63) is 0 Å². The van der Waals surface area contributed by atoms with Gasteiger partial charge in [-0.1, -0.05) is 27.7 Å². The predicted molar refractivity (Wildman–Crippen MR) is 64.5 cm³/mol. The third kappa shape index (κ3) is 6.08. The summed E-state index contributed by atoms with van der Waals surface area (Å²) in [6.07, 6.45) is 0.641. The highest BCUT2D eigenvalue weighted by Crippen LogP contribution is 2.09. The van der Waals surface area contributed by atoms with E-state index in [1.807, 2.05) is 13.8 Å². The average molecular weight is 231 g/mol. The Morgan fingerprint density at radius 2 is 1.88 bits per heavy atom. The number of carbonyl (C=O) groups is 1. The molecule has 96 valence electrons. The number of rotatable bonds is 8. The molecule has 0 radical (unpaired) electrons. The Labute approximate surface area is 98.4 Å². The molecular formula is C12H25NO3. The minimum atomic E-state index is -0.782. The molecule has 0 saturated heterocycles. The molecule has 0 aliphatic carbocycles. The van der Waals surface area contributed by atoms with Crippen molar-refractivity contribution in [3.63, 3.8) is 0 Å². The molecule has 0 aromatic rings. The number of hydrogen-bond acceptors (Lipinski definition) is 3. The standard InChI is InChI=1S/C12H25NO3/c1-8(2)6-10(12(14)15)13-11(7-16-5)9(3)4/h8-11,13H,6-7H2,1-5H3,(H,14,15). The van der Waals surface area contributed by atoms with Gasteiger partial charge >= 0.3 is 5.97 Å². The van der Waals surface area contributed by atoms with Gasteiger partial charge in [-0.25, -0.2) is 0 Å². The van der Waals surface area contributed by atoms with Crippen molar-refractivity contribution >= 4 is 5.97 Å². The fourth-order valence-electron chi connectivity index (χ4n) is 1.58. The summed E-state index contributed by atoms with van der Waals surface area (Å²) in [5.41, 5.74) is 0. The van der Waals surface area contributed by atoms with Crippen LogP contribution in [0.25, 0.3) is 0 Å². The predicted octanol–water partition coefficient (Wildman–Crippen LogP) is 1.75. The maximum absolute atomic E-state index is 11.1. The summed E-state index contributed by atoms with van der Waals surface area (Å²) in [5.74, 6) is -0.0617. The number of hydrogen-bond donors (Lipinski definition) is 2. The van der Waals surface area contributed by atoms with E-state index in [-0.39, 0.29) is 6.04 Å². The third-order valence-electron chi connectivity index (χ3n) is 2.57. The lowest BCUT2D eigenvalue weighted by atomic mass is 9.99. The van der Waals surface area contributed by atoms with Gasteiger partial charge in [-0.05, 0) is 18.3 Å². The molecule has 0 aliphatic rings. The van der Waals surface area contributed by atoms with Crippen LogP contribution in [0.5, 0.6) is 0 Å². The highest BCUT2D eigenvalue weighted by molar-refractivity contribution is 5.73. The molecule has 2 unspecified atom stereocenters. The summed E-state index contributed by atoms with van der Waals surface area (Å²) >= 11 is 0. The first-order chi connectivity index (χ1) is 7.38. The van der Waals surface area contributed by atoms with Gasteiger partial charge in [0, 0.05) is 13.2 Å². The lowest BCUT2D eigenvalue weighted by Gasteiger charge is -2.26. The Balaban J connectivity index is 4.38. The van der Waals surface area contributed by atoms with E-state index >= 15 is 0 Å². The van der Waals surface area contributed by atoms with Gasteiger partial charge in [-0.15, -0.1) is 0 Å². The lowest BCUT2D eigenvalue weighted by molar-refractivity contribution is -0.140. The van der Waals surface area contributed by atoms with Crippen LogP contribution in [0.4, 0.5) is 0 Å². The second kappa shape index (κ2) is 7.63. The normalized spacial score (nSPS) is 15.4. The Morgan fingerprint density at radius 3 is 2.19 bits per heavy atom. The second-order valence-corrected chi connectivity index (χ2v) is 4.99. The molecule has 0 rings (SSSR count). The molecule has 0 saturated carbocycles. The molecule has 2 atom stereocenters. The Hall–Kier alpha value is -0.610. The van der Waals surface area contributed by atoms with Crippen LogP contribution in [0.1, 0.15) is 34.1 Å². The van der Waals surface area contributed by atoms with E-state index in [4.69, 9.17) is 9.84 Å². The molecule has 2 N–H and O–H groups in total. The summed E-state index contributed by atoms with van der Waals surface area (Å²) in [5, 5.41) is 12.3. The smallest absolute Gasteiger partial charge is 0.320 e. The van der Waals surface area contributed by atoms with Crippen LogP contribution in [0.2, 0.25) is 0 Å².